The molecule has 1 N–H and O–H groups in total. The Hall–Kier alpha value is -1.35. The highest BCUT2D eigenvalue weighted by molar-refractivity contribution is 5.77. The van der Waals surface area contributed by atoms with Crippen molar-refractivity contribution in [2.75, 3.05) is 6.54 Å². The van der Waals surface area contributed by atoms with E-state index < -0.39 is 0 Å². The van der Waals surface area contributed by atoms with Gasteiger partial charge in [0.2, 0.25) is 5.89 Å². The summed E-state index contributed by atoms with van der Waals surface area (Å²) in [6.45, 7) is 7.68. The number of benzene rings is 1. The highest BCUT2D eigenvalue weighted by atomic mass is 16.3. The Labute approximate surface area is 108 Å². The summed E-state index contributed by atoms with van der Waals surface area (Å²) in [6.07, 6.45) is 2.33. The van der Waals surface area contributed by atoms with E-state index in [0.29, 0.717) is 6.04 Å². The van der Waals surface area contributed by atoms with Crippen LogP contribution >= 0.6 is 0 Å². The molecule has 1 saturated heterocycles. The Kier molecular flexibility index (Phi) is 2.67. The quantitative estimate of drug-likeness (QED) is 0.833. The fraction of sp³-hybridized carbons (Fsp3) is 0.533. The largest absolute Gasteiger partial charge is 0.439 e. The van der Waals surface area contributed by atoms with E-state index in [-0.39, 0.29) is 5.41 Å². The monoisotopic (exact) mass is 244 g/mol. The number of fused-ring (bicyclic) bond motifs is 1. The summed E-state index contributed by atoms with van der Waals surface area (Å²) in [4.78, 5) is 4.64. The van der Waals surface area contributed by atoms with Crippen molar-refractivity contribution in [3.8, 4) is 0 Å². The third-order valence-corrected chi connectivity index (χ3v) is 3.60. The van der Waals surface area contributed by atoms with E-state index in [4.69, 9.17) is 4.42 Å². The number of oxazole rings is 1. The fourth-order valence-electron chi connectivity index (χ4n) is 2.60. The van der Waals surface area contributed by atoms with Gasteiger partial charge in [-0.25, -0.2) is 4.98 Å². The Morgan fingerprint density at radius 3 is 2.83 bits per heavy atom. The average Bonchev–Trinajstić information content (AvgIpc) is 2.95. The minimum absolute atomic E-state index is 0.0828. The molecule has 18 heavy (non-hydrogen) atoms. The summed E-state index contributed by atoms with van der Waals surface area (Å²) in [6, 6.07) is 6.54. The summed E-state index contributed by atoms with van der Waals surface area (Å²) in [5.74, 6) is 0.846. The molecule has 0 saturated carbocycles. The zero-order valence-electron chi connectivity index (χ0n) is 11.3. The van der Waals surface area contributed by atoms with Crippen molar-refractivity contribution >= 4 is 11.1 Å². The van der Waals surface area contributed by atoms with E-state index in [9.17, 15) is 0 Å². The predicted octanol–water partition coefficient (Wildman–Crippen LogP) is 3.55. The van der Waals surface area contributed by atoms with Crippen molar-refractivity contribution in [3.63, 3.8) is 0 Å². The van der Waals surface area contributed by atoms with Gasteiger partial charge in [-0.1, -0.05) is 32.9 Å². The second-order valence-corrected chi connectivity index (χ2v) is 6.10. The number of nitrogens with one attached hydrogen (secondary N) is 1. The smallest absolute Gasteiger partial charge is 0.212 e. The first-order valence-corrected chi connectivity index (χ1v) is 6.69. The van der Waals surface area contributed by atoms with E-state index in [2.05, 4.69) is 43.2 Å². The maximum Gasteiger partial charge on any atom is 0.212 e. The van der Waals surface area contributed by atoms with Crippen LogP contribution in [0.25, 0.3) is 11.1 Å². The summed E-state index contributed by atoms with van der Waals surface area (Å²) < 4.78 is 6.04. The zero-order valence-corrected chi connectivity index (χ0v) is 11.3. The lowest BCUT2D eigenvalue weighted by Gasteiger charge is -2.18. The molecule has 3 heteroatoms. The molecule has 1 atom stereocenters. The van der Waals surface area contributed by atoms with Crippen molar-refractivity contribution < 1.29 is 4.42 Å². The van der Waals surface area contributed by atoms with Gasteiger partial charge in [0, 0.05) is 5.56 Å². The summed E-state index contributed by atoms with van der Waals surface area (Å²) in [5.41, 5.74) is 3.25. The van der Waals surface area contributed by atoms with Crippen molar-refractivity contribution in [2.24, 2.45) is 0 Å². The van der Waals surface area contributed by atoms with Gasteiger partial charge in [-0.15, -0.1) is 0 Å². The topological polar surface area (TPSA) is 38.1 Å². The van der Waals surface area contributed by atoms with Crippen LogP contribution in [-0.4, -0.2) is 11.5 Å². The summed E-state index contributed by atoms with van der Waals surface area (Å²) in [5, 5.41) is 3.44. The highest BCUT2D eigenvalue weighted by Gasteiger charge is 2.24. The number of hydrogen-bond acceptors (Lipinski definition) is 3. The maximum atomic E-state index is 6.04. The molecule has 0 aliphatic carbocycles. The van der Waals surface area contributed by atoms with Crippen LogP contribution in [0.15, 0.2) is 22.6 Å². The number of aromatic nitrogens is 1. The Balaban J connectivity index is 2.11. The van der Waals surface area contributed by atoms with Gasteiger partial charge in [-0.3, -0.25) is 0 Å². The fourth-order valence-corrected chi connectivity index (χ4v) is 2.60. The molecule has 2 aromatic rings. The van der Waals surface area contributed by atoms with Crippen LogP contribution in [0.3, 0.4) is 0 Å². The maximum absolute atomic E-state index is 6.04. The molecule has 96 valence electrons. The van der Waals surface area contributed by atoms with E-state index in [0.717, 1.165) is 30.0 Å². The third-order valence-electron chi connectivity index (χ3n) is 3.60. The van der Waals surface area contributed by atoms with Gasteiger partial charge >= 0.3 is 0 Å². The highest BCUT2D eigenvalue weighted by Crippen LogP contribution is 2.33. The van der Waals surface area contributed by atoms with Gasteiger partial charge in [0.15, 0.2) is 5.58 Å². The van der Waals surface area contributed by atoms with Crippen molar-refractivity contribution in [1.82, 2.24) is 10.3 Å². The lowest BCUT2D eigenvalue weighted by molar-refractivity contribution is 0.446. The molecule has 1 unspecified atom stereocenters. The van der Waals surface area contributed by atoms with Gasteiger partial charge in [-0.2, -0.15) is 0 Å². The van der Waals surface area contributed by atoms with Crippen LogP contribution in [0, 0.1) is 0 Å². The van der Waals surface area contributed by atoms with Gasteiger partial charge in [-0.05, 0) is 30.9 Å². The van der Waals surface area contributed by atoms with E-state index in [1.165, 1.54) is 12.0 Å². The number of rotatable bonds is 1. The number of para-hydroxylation sites is 1. The molecule has 3 rings (SSSR count). The standard InChI is InChI=1S/C15H20N2O/c1-15(2,3)10-6-4-7-11-13(10)18-14(17-11)12-8-5-9-16-12/h4,6-7,12,16H,5,8-9H2,1-3H3. The first-order valence-electron chi connectivity index (χ1n) is 6.69. The third kappa shape index (κ3) is 1.93. The van der Waals surface area contributed by atoms with Crippen LogP contribution in [-0.2, 0) is 5.41 Å². The number of hydrogen-bond donors (Lipinski definition) is 1. The minimum atomic E-state index is 0.0828. The second-order valence-electron chi connectivity index (χ2n) is 6.10. The average molecular weight is 244 g/mol. The summed E-state index contributed by atoms with van der Waals surface area (Å²) in [7, 11) is 0. The molecule has 1 aliphatic rings. The molecule has 1 aromatic heterocycles. The SMILES string of the molecule is CC(C)(C)c1cccc2nc(C3CCCN3)oc12. The van der Waals surface area contributed by atoms with Crippen LogP contribution in [0.1, 0.15) is 51.1 Å². The first-order chi connectivity index (χ1) is 8.55. The Morgan fingerprint density at radius 1 is 1.33 bits per heavy atom. The Morgan fingerprint density at radius 2 is 2.17 bits per heavy atom. The van der Waals surface area contributed by atoms with Crippen molar-refractivity contribution in [1.29, 1.82) is 0 Å². The lowest BCUT2D eigenvalue weighted by Crippen LogP contribution is -2.13. The normalized spacial score (nSPS) is 20.7. The van der Waals surface area contributed by atoms with Crippen molar-refractivity contribution in [2.45, 2.75) is 45.1 Å². The second kappa shape index (κ2) is 4.09. The van der Waals surface area contributed by atoms with E-state index in [1.807, 2.05) is 6.07 Å². The first kappa shape index (κ1) is 11.7. The summed E-state index contributed by atoms with van der Waals surface area (Å²) >= 11 is 0. The van der Waals surface area contributed by atoms with Crippen LogP contribution in [0.5, 0.6) is 0 Å². The molecule has 1 aliphatic heterocycles. The van der Waals surface area contributed by atoms with Gasteiger partial charge in [0.25, 0.3) is 0 Å². The molecule has 0 amide bonds. The van der Waals surface area contributed by atoms with E-state index in [1.54, 1.807) is 0 Å². The molecule has 1 aromatic carbocycles. The van der Waals surface area contributed by atoms with Crippen LogP contribution in [0.4, 0.5) is 0 Å². The molecule has 3 nitrogen and oxygen atoms in total. The molecule has 0 radical (unpaired) electrons. The molecule has 0 spiro atoms. The Bertz CT molecular complexity index is 559. The molecular weight excluding hydrogens is 224 g/mol. The number of nitrogens with zero attached hydrogens (tertiary/aromatic N) is 1. The minimum Gasteiger partial charge on any atom is -0.439 e. The van der Waals surface area contributed by atoms with Crippen LogP contribution in [0.2, 0.25) is 0 Å². The molecule has 2 heterocycles. The molecule has 1 fully saturated rings. The van der Waals surface area contributed by atoms with Gasteiger partial charge in [0.05, 0.1) is 6.04 Å². The molecule has 0 bridgehead atoms. The predicted molar refractivity (Wildman–Crippen MR) is 72.7 cm³/mol. The van der Waals surface area contributed by atoms with Crippen LogP contribution < -0.4 is 5.32 Å². The van der Waals surface area contributed by atoms with E-state index >= 15 is 0 Å². The van der Waals surface area contributed by atoms with Gasteiger partial charge in [0.1, 0.15) is 5.52 Å². The zero-order chi connectivity index (χ0) is 12.8. The van der Waals surface area contributed by atoms with Crippen molar-refractivity contribution in [3.05, 3.63) is 29.7 Å². The van der Waals surface area contributed by atoms with Gasteiger partial charge < -0.3 is 9.73 Å². The lowest BCUT2D eigenvalue weighted by atomic mass is 9.86. The molecular formula is C15H20N2O.